The molecule has 0 rings (SSSR count). The van der Waals surface area contributed by atoms with Crippen LogP contribution in [0.15, 0.2) is 0 Å². The number of rotatable bonds is 3. The third-order valence-corrected chi connectivity index (χ3v) is 2.29. The molecule has 0 aromatic heterocycles. The summed E-state index contributed by atoms with van der Waals surface area (Å²) >= 11 is 23.9. The van der Waals surface area contributed by atoms with E-state index in [1.54, 1.807) is 0 Å². The highest BCUT2D eigenvalue weighted by Crippen LogP contribution is 2.02. The van der Waals surface area contributed by atoms with Gasteiger partial charge in [0.25, 0.3) is 0 Å². The van der Waals surface area contributed by atoms with Crippen molar-refractivity contribution < 1.29 is 4.48 Å². The fraction of sp³-hybridized carbons (Fsp3) is 1.00. The van der Waals surface area contributed by atoms with E-state index < -0.39 is 0 Å². The standard InChI is InChI=1S/C7H18N.2BCl2I/c1-5-8(4,6-2)7-3;2*2-1(3)4/h5-7H2,1-4H3;;/q+1;;. The Morgan fingerprint density at radius 2 is 0.938 bits per heavy atom. The van der Waals surface area contributed by atoms with Crippen molar-refractivity contribution in [2.45, 2.75) is 20.8 Å². The van der Waals surface area contributed by atoms with Crippen molar-refractivity contribution in [3.63, 3.8) is 0 Å². The molecule has 9 heteroatoms. The summed E-state index contributed by atoms with van der Waals surface area (Å²) in [7, 11) is 2.29. The van der Waals surface area contributed by atoms with Crippen LogP contribution in [0, 0.1) is 0 Å². The molecule has 0 amide bonds. The first-order chi connectivity index (χ1) is 7.15. The van der Waals surface area contributed by atoms with Crippen molar-refractivity contribution >= 4 is 97.4 Å². The van der Waals surface area contributed by atoms with E-state index in [0.717, 1.165) is 0 Å². The summed E-state index contributed by atoms with van der Waals surface area (Å²) in [6, 6.07) is 0. The third kappa shape index (κ3) is 30.1. The highest BCUT2D eigenvalue weighted by Gasteiger charge is 2.10. The van der Waals surface area contributed by atoms with Gasteiger partial charge >= 0.3 is 6.80 Å². The van der Waals surface area contributed by atoms with Crippen LogP contribution in [-0.2, 0) is 0 Å². The number of hydrogen-bond donors (Lipinski definition) is 0. The molecule has 0 bridgehead atoms. The van der Waals surface area contributed by atoms with Crippen molar-refractivity contribution in [2.24, 2.45) is 0 Å². The Hall–Kier alpha value is 2.71. The fourth-order valence-electron chi connectivity index (χ4n) is 0.671. The predicted octanol–water partition coefficient (Wildman–Crippen LogP) is 5.26. The van der Waals surface area contributed by atoms with Crippen LogP contribution in [0.5, 0.6) is 0 Å². The van der Waals surface area contributed by atoms with E-state index in [1.807, 2.05) is 44.7 Å². The molecule has 0 aliphatic carbocycles. The molecule has 0 fully saturated rings. The van der Waals surface area contributed by atoms with E-state index in [9.17, 15) is 0 Å². The van der Waals surface area contributed by atoms with Gasteiger partial charge < -0.3 is 4.48 Å². The maximum atomic E-state index is 5.03. The van der Waals surface area contributed by atoms with Crippen molar-refractivity contribution in [1.82, 2.24) is 0 Å². The van der Waals surface area contributed by atoms with Crippen LogP contribution in [0.1, 0.15) is 20.8 Å². The van der Waals surface area contributed by atoms with Crippen molar-refractivity contribution in [2.75, 3.05) is 26.7 Å². The van der Waals surface area contributed by atoms with E-state index in [4.69, 9.17) is 45.8 Å². The van der Waals surface area contributed by atoms with Gasteiger partial charge in [0.1, 0.15) is 0 Å². The first kappa shape index (κ1) is 23.8. The number of nitrogens with zero attached hydrogens (tertiary/aromatic N) is 1. The lowest BCUT2D eigenvalue weighted by molar-refractivity contribution is -0.904. The van der Waals surface area contributed by atoms with Gasteiger partial charge in [-0.3, -0.25) is 0 Å². The zero-order valence-electron chi connectivity index (χ0n) is 9.99. The SMILES string of the molecule is CC[N+](C)(CC)CC.ClB(Cl)I.ClB(Cl)I. The normalized spacial score (nSPS) is 9.38. The Kier molecular flexibility index (Phi) is 23.4. The zero-order chi connectivity index (χ0) is 13.8. The summed E-state index contributed by atoms with van der Waals surface area (Å²) in [5, 5.41) is 0. The van der Waals surface area contributed by atoms with Gasteiger partial charge in [-0.25, -0.2) is 0 Å². The maximum absolute atomic E-state index is 5.03. The largest absolute Gasteiger partial charge is 0.417 e. The Morgan fingerprint density at radius 3 is 0.938 bits per heavy atom. The van der Waals surface area contributed by atoms with Gasteiger partial charge in [0.2, 0.25) is 0 Å². The molecule has 98 valence electrons. The summed E-state index contributed by atoms with van der Waals surface area (Å²) in [4.78, 5) is 0. The van der Waals surface area contributed by atoms with Crippen molar-refractivity contribution in [3.8, 4) is 0 Å². The summed E-state index contributed by atoms with van der Waals surface area (Å²) in [6.07, 6.45) is 0. The van der Waals surface area contributed by atoms with Crippen LogP contribution in [0.4, 0.5) is 0 Å². The molecule has 0 spiro atoms. The number of halogens is 6. The van der Waals surface area contributed by atoms with Crippen LogP contribution in [-0.4, -0.2) is 38.0 Å². The second-order valence-corrected chi connectivity index (χ2v) is 10.7. The van der Waals surface area contributed by atoms with Crippen molar-refractivity contribution in [3.05, 3.63) is 0 Å². The minimum absolute atomic E-state index is 0.252. The number of quaternary nitrogens is 1. The summed E-state index contributed by atoms with van der Waals surface area (Å²) in [5.74, 6) is 0. The Labute approximate surface area is 147 Å². The molecule has 0 heterocycles. The quantitative estimate of drug-likeness (QED) is 0.264. The first-order valence-electron chi connectivity index (χ1n) is 4.83. The van der Waals surface area contributed by atoms with Gasteiger partial charge in [-0.2, -0.15) is 45.8 Å². The predicted molar refractivity (Wildman–Crippen MR) is 101 cm³/mol. The molecule has 0 aromatic carbocycles. The summed E-state index contributed by atoms with van der Waals surface area (Å²) in [5.41, 5.74) is 0. The molecule has 0 aromatic rings. The monoisotopic (exact) mass is 532 g/mol. The Balaban J connectivity index is -0.000000179. The average Bonchev–Trinajstić information content (AvgIpc) is 2.15. The van der Waals surface area contributed by atoms with E-state index in [-0.39, 0.29) is 6.80 Å². The smallest absolute Gasteiger partial charge is 0.327 e. The highest BCUT2D eigenvalue weighted by atomic mass is 127. The van der Waals surface area contributed by atoms with Gasteiger partial charge in [-0.15, -0.1) is 44.7 Å². The molecule has 0 aliphatic heterocycles. The maximum Gasteiger partial charge on any atom is 0.417 e. The molecule has 0 unspecified atom stereocenters. The molecular weight excluding hydrogens is 515 g/mol. The molecule has 0 N–H and O–H groups in total. The fourth-order valence-corrected chi connectivity index (χ4v) is 0.671. The summed E-state index contributed by atoms with van der Waals surface area (Å²) in [6.45, 7) is 10.5. The Bertz CT molecular complexity index is 120. The lowest BCUT2D eigenvalue weighted by Crippen LogP contribution is -2.42. The highest BCUT2D eigenvalue weighted by molar-refractivity contribution is 14.1. The lowest BCUT2D eigenvalue weighted by atomic mass is 10.4. The van der Waals surface area contributed by atoms with Gasteiger partial charge in [0.05, 0.1) is 26.7 Å². The minimum atomic E-state index is -0.252. The van der Waals surface area contributed by atoms with Crippen LogP contribution >= 0.6 is 90.6 Å². The van der Waals surface area contributed by atoms with E-state index in [1.165, 1.54) is 24.1 Å². The van der Waals surface area contributed by atoms with Crippen LogP contribution in [0.25, 0.3) is 0 Å². The van der Waals surface area contributed by atoms with Crippen LogP contribution in [0.2, 0.25) is 0 Å². The summed E-state index contributed by atoms with van der Waals surface area (Å²) < 4.78 is 0.704. The molecule has 0 saturated heterocycles. The Morgan fingerprint density at radius 1 is 0.812 bits per heavy atom. The van der Waals surface area contributed by atoms with E-state index >= 15 is 0 Å². The molecule has 0 radical (unpaired) electrons. The first-order valence-corrected chi connectivity index (χ1v) is 9.06. The van der Waals surface area contributed by atoms with Gasteiger partial charge in [0.15, 0.2) is 0 Å². The second-order valence-electron chi connectivity index (χ2n) is 3.06. The van der Waals surface area contributed by atoms with Crippen LogP contribution in [0.3, 0.4) is 0 Å². The second kappa shape index (κ2) is 15.8. The molecular formula is C7H18B2Cl4I2N+. The third-order valence-electron chi connectivity index (χ3n) is 2.29. The molecule has 0 saturated carbocycles. The molecule has 16 heavy (non-hydrogen) atoms. The van der Waals surface area contributed by atoms with Gasteiger partial charge in [-0.1, -0.05) is 0 Å². The molecule has 0 aliphatic rings. The van der Waals surface area contributed by atoms with E-state index in [2.05, 4.69) is 27.8 Å². The number of hydrogen-bond acceptors (Lipinski definition) is 0. The van der Waals surface area contributed by atoms with Crippen LogP contribution < -0.4 is 0 Å². The lowest BCUT2D eigenvalue weighted by Gasteiger charge is -2.30. The van der Waals surface area contributed by atoms with Gasteiger partial charge in [0, 0.05) is 0 Å². The van der Waals surface area contributed by atoms with Crippen molar-refractivity contribution in [1.29, 1.82) is 0 Å². The average molecular weight is 533 g/mol. The molecule has 0 atom stereocenters. The topological polar surface area (TPSA) is 0 Å². The van der Waals surface area contributed by atoms with E-state index in [0.29, 0.717) is 0 Å². The minimum Gasteiger partial charge on any atom is -0.327 e. The molecule has 1 nitrogen and oxygen atoms in total. The zero-order valence-corrected chi connectivity index (χ0v) is 17.3. The van der Waals surface area contributed by atoms with Gasteiger partial charge in [-0.05, 0) is 20.8 Å².